The summed E-state index contributed by atoms with van der Waals surface area (Å²) in [5, 5.41) is 4.44. The molecule has 1 amide bonds. The minimum absolute atomic E-state index is 0.0487. The number of piperidine rings is 1. The van der Waals surface area contributed by atoms with Gasteiger partial charge in [0.1, 0.15) is 0 Å². The molecule has 6 heteroatoms. The number of nitrogens with zero attached hydrogens (tertiary/aromatic N) is 2. The van der Waals surface area contributed by atoms with E-state index >= 15 is 0 Å². The zero-order chi connectivity index (χ0) is 16.1. The molecule has 0 saturated carbocycles. The van der Waals surface area contributed by atoms with E-state index in [4.69, 9.17) is 22.2 Å². The topological polar surface area (TPSA) is 67.9 Å². The lowest BCUT2D eigenvalue weighted by Gasteiger charge is -2.38. The van der Waals surface area contributed by atoms with Crippen LogP contribution < -0.4 is 5.73 Å². The van der Waals surface area contributed by atoms with Crippen LogP contribution >= 0.6 is 11.6 Å². The van der Waals surface area contributed by atoms with E-state index in [2.05, 4.69) is 19.0 Å². The average Bonchev–Trinajstić information content (AvgIpc) is 2.47. The molecule has 5 nitrogen and oxygen atoms in total. The van der Waals surface area contributed by atoms with Crippen LogP contribution in [-0.2, 0) is 9.63 Å². The summed E-state index contributed by atoms with van der Waals surface area (Å²) in [6.45, 7) is 4.04. The molecule has 1 aromatic rings. The van der Waals surface area contributed by atoms with E-state index in [1.54, 1.807) is 24.3 Å². The molecular formula is C16H22ClN3O2. The second-order valence-electron chi connectivity index (χ2n) is 5.69. The first-order chi connectivity index (χ1) is 10.5. The summed E-state index contributed by atoms with van der Waals surface area (Å²) in [6.07, 6.45) is 3.23. The van der Waals surface area contributed by atoms with Gasteiger partial charge in [0.25, 0.3) is 5.91 Å². The number of halogens is 1. The Morgan fingerprint density at radius 1 is 1.32 bits per heavy atom. The predicted molar refractivity (Wildman–Crippen MR) is 87.7 cm³/mol. The van der Waals surface area contributed by atoms with Crippen LogP contribution in [0.4, 0.5) is 0 Å². The Morgan fingerprint density at radius 3 is 2.50 bits per heavy atom. The van der Waals surface area contributed by atoms with Crippen LogP contribution in [-0.4, -0.2) is 35.3 Å². The molecular weight excluding hydrogens is 302 g/mol. The van der Waals surface area contributed by atoms with Gasteiger partial charge in [-0.25, -0.2) is 0 Å². The first-order valence-electron chi connectivity index (χ1n) is 7.51. The third-order valence-corrected chi connectivity index (χ3v) is 4.22. The number of nitrogens with two attached hydrogens (primary N) is 1. The number of hydrogen-bond acceptors (Lipinski definition) is 3. The molecule has 0 radical (unpaired) electrons. The third kappa shape index (κ3) is 4.13. The van der Waals surface area contributed by atoms with Gasteiger partial charge in [0.05, 0.1) is 0 Å². The van der Waals surface area contributed by atoms with E-state index in [-0.39, 0.29) is 30.4 Å². The maximum atomic E-state index is 12.3. The largest absolute Gasteiger partial charge is 0.384 e. The van der Waals surface area contributed by atoms with Crippen molar-refractivity contribution in [3.05, 3.63) is 34.9 Å². The molecule has 1 aromatic carbocycles. The summed E-state index contributed by atoms with van der Waals surface area (Å²) in [4.78, 5) is 19.3. The van der Waals surface area contributed by atoms with E-state index in [0.717, 1.165) is 19.3 Å². The highest BCUT2D eigenvalue weighted by Gasteiger charge is 2.28. The lowest BCUT2D eigenvalue weighted by atomic mass is 9.97. The van der Waals surface area contributed by atoms with Crippen LogP contribution in [0.1, 0.15) is 38.7 Å². The Labute approximate surface area is 136 Å². The molecule has 1 saturated heterocycles. The standard InChI is InChI=1S/C16H22ClN3O2/c1-11-4-3-5-12(2)20(11)15(21)10-22-19-16(18)13-6-8-14(17)9-7-13/h6-9,11-12H,3-5,10H2,1-2H3,(H2,18,19)/t11-,12-/m1/s1. The first kappa shape index (κ1) is 16.6. The lowest BCUT2D eigenvalue weighted by Crippen LogP contribution is -2.48. The molecule has 1 heterocycles. The molecule has 2 atom stereocenters. The lowest BCUT2D eigenvalue weighted by molar-refractivity contribution is -0.142. The Bertz CT molecular complexity index is 535. The molecule has 0 unspecified atom stereocenters. The van der Waals surface area contributed by atoms with Gasteiger partial charge in [-0.3, -0.25) is 4.79 Å². The maximum absolute atomic E-state index is 12.3. The number of benzene rings is 1. The van der Waals surface area contributed by atoms with E-state index in [1.165, 1.54) is 0 Å². The smallest absolute Gasteiger partial charge is 0.263 e. The number of oxime groups is 1. The molecule has 0 bridgehead atoms. The summed E-state index contributed by atoms with van der Waals surface area (Å²) in [5.41, 5.74) is 6.53. The van der Waals surface area contributed by atoms with Crippen LogP contribution in [0.25, 0.3) is 0 Å². The van der Waals surface area contributed by atoms with E-state index in [0.29, 0.717) is 10.6 Å². The van der Waals surface area contributed by atoms with Crippen molar-refractivity contribution in [2.24, 2.45) is 10.9 Å². The van der Waals surface area contributed by atoms with Gasteiger partial charge in [0.15, 0.2) is 12.4 Å². The highest BCUT2D eigenvalue weighted by atomic mass is 35.5. The highest BCUT2D eigenvalue weighted by molar-refractivity contribution is 6.30. The van der Waals surface area contributed by atoms with Gasteiger partial charge in [-0.2, -0.15) is 0 Å². The second-order valence-corrected chi connectivity index (χ2v) is 6.12. The quantitative estimate of drug-likeness (QED) is 0.526. The van der Waals surface area contributed by atoms with Gasteiger partial charge in [-0.05, 0) is 57.4 Å². The van der Waals surface area contributed by atoms with Gasteiger partial charge >= 0.3 is 0 Å². The van der Waals surface area contributed by atoms with Crippen LogP contribution in [0, 0.1) is 0 Å². The minimum Gasteiger partial charge on any atom is -0.384 e. The van der Waals surface area contributed by atoms with Gasteiger partial charge in [-0.1, -0.05) is 16.8 Å². The summed E-state index contributed by atoms with van der Waals surface area (Å²) >= 11 is 5.81. The summed E-state index contributed by atoms with van der Waals surface area (Å²) in [5.74, 6) is 0.177. The molecule has 0 aromatic heterocycles. The average molecular weight is 324 g/mol. The third-order valence-electron chi connectivity index (χ3n) is 3.97. The van der Waals surface area contributed by atoms with Crippen LogP contribution in [0.15, 0.2) is 29.4 Å². The summed E-state index contributed by atoms with van der Waals surface area (Å²) < 4.78 is 0. The fourth-order valence-electron chi connectivity index (χ4n) is 2.82. The molecule has 2 N–H and O–H groups in total. The fraction of sp³-hybridized carbons (Fsp3) is 0.500. The van der Waals surface area contributed by atoms with Crippen LogP contribution in [0.3, 0.4) is 0 Å². The van der Waals surface area contributed by atoms with Crippen molar-refractivity contribution in [3.8, 4) is 0 Å². The number of carbonyl (C=O) groups excluding carboxylic acids is 1. The number of rotatable bonds is 4. The molecule has 0 aliphatic carbocycles. The molecule has 1 aliphatic rings. The molecule has 120 valence electrons. The number of likely N-dealkylation sites (tertiary alicyclic amines) is 1. The van der Waals surface area contributed by atoms with Crippen LogP contribution in [0.5, 0.6) is 0 Å². The van der Waals surface area contributed by atoms with Crippen molar-refractivity contribution < 1.29 is 9.63 Å². The SMILES string of the molecule is C[C@@H]1CCC[C@@H](C)N1C(=O)CO/N=C(\N)c1ccc(Cl)cc1. The van der Waals surface area contributed by atoms with Gasteiger partial charge in [0, 0.05) is 22.7 Å². The van der Waals surface area contributed by atoms with E-state index in [9.17, 15) is 4.79 Å². The summed E-state index contributed by atoms with van der Waals surface area (Å²) in [6, 6.07) is 7.44. The van der Waals surface area contributed by atoms with Crippen LogP contribution in [0.2, 0.25) is 5.02 Å². The monoisotopic (exact) mass is 323 g/mol. The normalized spacial score (nSPS) is 22.5. The minimum atomic E-state index is -0.0943. The molecule has 1 fully saturated rings. The van der Waals surface area contributed by atoms with Crippen molar-refractivity contribution in [1.29, 1.82) is 0 Å². The molecule has 2 rings (SSSR count). The number of carbonyl (C=O) groups is 1. The highest BCUT2D eigenvalue weighted by Crippen LogP contribution is 2.22. The van der Waals surface area contributed by atoms with Crippen molar-refractivity contribution >= 4 is 23.3 Å². The Kier molecular flexibility index (Phi) is 5.66. The maximum Gasteiger partial charge on any atom is 0.263 e. The number of amidine groups is 1. The second kappa shape index (κ2) is 7.49. The predicted octanol–water partition coefficient (Wildman–Crippen LogP) is 2.77. The molecule has 22 heavy (non-hydrogen) atoms. The Balaban J connectivity index is 1.90. The van der Waals surface area contributed by atoms with Crippen molar-refractivity contribution in [2.45, 2.75) is 45.2 Å². The summed E-state index contributed by atoms with van der Waals surface area (Å²) in [7, 11) is 0. The fourth-order valence-corrected chi connectivity index (χ4v) is 2.94. The Hall–Kier alpha value is -1.75. The van der Waals surface area contributed by atoms with E-state index < -0.39 is 0 Å². The Morgan fingerprint density at radius 2 is 1.91 bits per heavy atom. The van der Waals surface area contributed by atoms with Gasteiger partial charge in [-0.15, -0.1) is 0 Å². The molecule has 1 aliphatic heterocycles. The number of amides is 1. The van der Waals surface area contributed by atoms with Gasteiger partial charge in [0.2, 0.25) is 0 Å². The van der Waals surface area contributed by atoms with Crippen molar-refractivity contribution in [1.82, 2.24) is 4.90 Å². The molecule has 0 spiro atoms. The zero-order valence-corrected chi connectivity index (χ0v) is 13.7. The van der Waals surface area contributed by atoms with Crippen molar-refractivity contribution in [3.63, 3.8) is 0 Å². The number of hydrogen-bond donors (Lipinski definition) is 1. The van der Waals surface area contributed by atoms with Gasteiger partial charge < -0.3 is 15.5 Å². The van der Waals surface area contributed by atoms with E-state index in [1.807, 2.05) is 4.90 Å². The zero-order valence-electron chi connectivity index (χ0n) is 13.0. The van der Waals surface area contributed by atoms with Crippen molar-refractivity contribution in [2.75, 3.05) is 6.61 Å². The first-order valence-corrected chi connectivity index (χ1v) is 7.89.